The first-order valence-corrected chi connectivity index (χ1v) is 11.9. The van der Waals surface area contributed by atoms with E-state index < -0.39 is 22.0 Å². The van der Waals surface area contributed by atoms with Gasteiger partial charge in [0.15, 0.2) is 6.10 Å². The summed E-state index contributed by atoms with van der Waals surface area (Å²) in [6.07, 6.45) is 2.22. The zero-order chi connectivity index (χ0) is 21.7. The second-order valence-corrected chi connectivity index (χ2v) is 9.39. The molecule has 2 aromatic rings. The van der Waals surface area contributed by atoms with Gasteiger partial charge in [-0.1, -0.05) is 37.1 Å². The Morgan fingerprint density at radius 3 is 2.67 bits per heavy atom. The predicted octanol–water partition coefficient (Wildman–Crippen LogP) is 3.01. The molecule has 1 aliphatic rings. The number of ether oxygens (including phenoxy) is 2. The van der Waals surface area contributed by atoms with Gasteiger partial charge < -0.3 is 14.8 Å². The van der Waals surface area contributed by atoms with Gasteiger partial charge in [-0.3, -0.25) is 9.10 Å². The number of fused-ring (bicyclic) bond motifs is 1. The van der Waals surface area contributed by atoms with Crippen LogP contribution in [0.4, 0.5) is 5.69 Å². The SMILES string of the molecule is CCCc1ccc(OCCNC(=O)[C@H]2CN(S(C)(=O)=O)c3cc(Cl)ccc3O2)cc1. The van der Waals surface area contributed by atoms with Crippen LogP contribution in [-0.2, 0) is 21.2 Å². The van der Waals surface area contributed by atoms with E-state index in [1.54, 1.807) is 12.1 Å². The summed E-state index contributed by atoms with van der Waals surface area (Å²) in [4.78, 5) is 12.5. The van der Waals surface area contributed by atoms with Crippen molar-refractivity contribution in [3.05, 3.63) is 53.1 Å². The van der Waals surface area contributed by atoms with Crippen LogP contribution in [0.3, 0.4) is 0 Å². The fourth-order valence-corrected chi connectivity index (χ4v) is 4.25. The number of nitrogens with zero attached hydrogens (tertiary/aromatic N) is 1. The van der Waals surface area contributed by atoms with Crippen molar-refractivity contribution in [1.29, 1.82) is 0 Å². The fraction of sp³-hybridized carbons (Fsp3) is 0.381. The van der Waals surface area contributed by atoms with Gasteiger partial charge in [0.1, 0.15) is 18.1 Å². The highest BCUT2D eigenvalue weighted by Gasteiger charge is 2.35. The second-order valence-electron chi connectivity index (χ2n) is 7.05. The first-order valence-electron chi connectivity index (χ1n) is 9.71. The first kappa shape index (κ1) is 22.2. The molecular weight excluding hydrogens is 428 g/mol. The number of halogens is 1. The third-order valence-electron chi connectivity index (χ3n) is 4.62. The monoisotopic (exact) mass is 452 g/mol. The molecule has 1 heterocycles. The lowest BCUT2D eigenvalue weighted by Gasteiger charge is -2.34. The number of carbonyl (C=O) groups is 1. The average molecular weight is 453 g/mol. The van der Waals surface area contributed by atoms with Crippen molar-refractivity contribution in [1.82, 2.24) is 5.32 Å². The predicted molar refractivity (Wildman–Crippen MR) is 117 cm³/mol. The minimum atomic E-state index is -3.60. The van der Waals surface area contributed by atoms with Gasteiger partial charge in [0, 0.05) is 5.02 Å². The van der Waals surface area contributed by atoms with Gasteiger partial charge in [-0.05, 0) is 42.3 Å². The van der Waals surface area contributed by atoms with Crippen LogP contribution >= 0.6 is 11.6 Å². The van der Waals surface area contributed by atoms with Crippen LogP contribution in [0.2, 0.25) is 5.02 Å². The van der Waals surface area contributed by atoms with Crippen LogP contribution in [0.1, 0.15) is 18.9 Å². The molecule has 1 atom stereocenters. The van der Waals surface area contributed by atoms with Crippen molar-refractivity contribution < 1.29 is 22.7 Å². The molecule has 0 saturated heterocycles. The third-order valence-corrected chi connectivity index (χ3v) is 6.00. The number of aryl methyl sites for hydroxylation is 1. The normalized spacial score (nSPS) is 15.8. The largest absolute Gasteiger partial charge is 0.492 e. The number of carbonyl (C=O) groups excluding carboxylic acids is 1. The number of nitrogens with one attached hydrogen (secondary N) is 1. The number of rotatable bonds is 8. The van der Waals surface area contributed by atoms with Crippen LogP contribution in [0, 0.1) is 0 Å². The molecule has 0 aromatic heterocycles. The molecule has 1 amide bonds. The summed E-state index contributed by atoms with van der Waals surface area (Å²) in [6, 6.07) is 12.5. The molecule has 162 valence electrons. The summed E-state index contributed by atoms with van der Waals surface area (Å²) in [5.74, 6) is 0.609. The van der Waals surface area contributed by atoms with Gasteiger partial charge >= 0.3 is 0 Å². The highest BCUT2D eigenvalue weighted by Crippen LogP contribution is 2.37. The third kappa shape index (κ3) is 5.58. The zero-order valence-electron chi connectivity index (χ0n) is 16.9. The van der Waals surface area contributed by atoms with Gasteiger partial charge in [0.25, 0.3) is 5.91 Å². The summed E-state index contributed by atoms with van der Waals surface area (Å²) in [6.45, 7) is 2.55. The molecule has 1 aliphatic heterocycles. The Labute approximate surface area is 182 Å². The van der Waals surface area contributed by atoms with Crippen molar-refractivity contribution in [2.45, 2.75) is 25.9 Å². The number of benzene rings is 2. The first-order chi connectivity index (χ1) is 14.3. The Bertz CT molecular complexity index is 995. The van der Waals surface area contributed by atoms with E-state index in [0.717, 1.165) is 29.2 Å². The standard InChI is InChI=1S/C21H25ClN2O5S/c1-3-4-15-5-8-17(9-6-15)28-12-11-23-21(25)20-14-24(30(2,26)27)18-13-16(22)7-10-19(18)29-20/h5-10,13,20H,3-4,11-12,14H2,1-2H3,(H,23,25)/t20-/m1/s1. The molecule has 0 aliphatic carbocycles. The van der Waals surface area contributed by atoms with E-state index in [4.69, 9.17) is 21.1 Å². The van der Waals surface area contributed by atoms with Crippen molar-refractivity contribution >= 4 is 33.2 Å². The summed E-state index contributed by atoms with van der Waals surface area (Å²) >= 11 is 5.98. The molecule has 0 fully saturated rings. The smallest absolute Gasteiger partial charge is 0.263 e. The fourth-order valence-electron chi connectivity index (χ4n) is 3.17. The maximum absolute atomic E-state index is 12.5. The van der Waals surface area contributed by atoms with Gasteiger partial charge in [0.05, 0.1) is 25.0 Å². The number of amides is 1. The molecule has 1 N–H and O–H groups in total. The molecule has 2 aromatic carbocycles. The van der Waals surface area contributed by atoms with Crippen LogP contribution in [-0.4, -0.2) is 46.4 Å². The van der Waals surface area contributed by atoms with Crippen LogP contribution < -0.4 is 19.1 Å². The van der Waals surface area contributed by atoms with Crippen molar-refractivity contribution in [2.24, 2.45) is 0 Å². The lowest BCUT2D eigenvalue weighted by atomic mass is 10.1. The van der Waals surface area contributed by atoms with E-state index in [1.165, 1.54) is 11.6 Å². The van der Waals surface area contributed by atoms with Crippen molar-refractivity contribution in [3.63, 3.8) is 0 Å². The van der Waals surface area contributed by atoms with Crippen LogP contribution in [0.15, 0.2) is 42.5 Å². The molecule has 0 saturated carbocycles. The number of hydrogen-bond acceptors (Lipinski definition) is 5. The molecule has 3 rings (SSSR count). The Hall–Kier alpha value is -2.45. The van der Waals surface area contributed by atoms with E-state index in [-0.39, 0.29) is 19.7 Å². The zero-order valence-corrected chi connectivity index (χ0v) is 18.5. The number of sulfonamides is 1. The maximum Gasteiger partial charge on any atom is 0.263 e. The Balaban J connectivity index is 1.56. The average Bonchev–Trinajstić information content (AvgIpc) is 2.71. The van der Waals surface area contributed by atoms with Gasteiger partial charge in [0.2, 0.25) is 10.0 Å². The summed E-state index contributed by atoms with van der Waals surface area (Å²) in [7, 11) is -3.60. The summed E-state index contributed by atoms with van der Waals surface area (Å²) in [5, 5.41) is 3.12. The van der Waals surface area contributed by atoms with E-state index >= 15 is 0 Å². The Morgan fingerprint density at radius 1 is 1.27 bits per heavy atom. The van der Waals surface area contributed by atoms with Gasteiger partial charge in [-0.15, -0.1) is 0 Å². The lowest BCUT2D eigenvalue weighted by molar-refractivity contribution is -0.127. The molecule has 0 radical (unpaired) electrons. The number of anilines is 1. The van der Waals surface area contributed by atoms with Gasteiger partial charge in [-0.2, -0.15) is 0 Å². The van der Waals surface area contributed by atoms with Crippen molar-refractivity contribution in [3.8, 4) is 11.5 Å². The number of hydrogen-bond donors (Lipinski definition) is 1. The van der Waals surface area contributed by atoms with Crippen molar-refractivity contribution in [2.75, 3.05) is 30.3 Å². The summed E-state index contributed by atoms with van der Waals surface area (Å²) in [5.41, 5.74) is 1.58. The van der Waals surface area contributed by atoms with E-state index in [1.807, 2.05) is 24.3 Å². The molecule has 9 heteroatoms. The lowest BCUT2D eigenvalue weighted by Crippen LogP contribution is -2.51. The topological polar surface area (TPSA) is 84.9 Å². The van der Waals surface area contributed by atoms with E-state index in [9.17, 15) is 13.2 Å². The molecule has 30 heavy (non-hydrogen) atoms. The molecule has 0 spiro atoms. The quantitative estimate of drug-likeness (QED) is 0.622. The molecule has 0 unspecified atom stereocenters. The van der Waals surface area contributed by atoms with E-state index in [2.05, 4.69) is 12.2 Å². The van der Waals surface area contributed by atoms with Gasteiger partial charge in [-0.25, -0.2) is 8.42 Å². The van der Waals surface area contributed by atoms with Crippen LogP contribution in [0.5, 0.6) is 11.5 Å². The minimum absolute atomic E-state index is 0.127. The Kier molecular flexibility index (Phi) is 7.10. The Morgan fingerprint density at radius 2 is 2.00 bits per heavy atom. The highest BCUT2D eigenvalue weighted by molar-refractivity contribution is 7.92. The van der Waals surface area contributed by atoms with E-state index in [0.29, 0.717) is 16.5 Å². The molecular formula is C21H25ClN2O5S. The highest BCUT2D eigenvalue weighted by atomic mass is 35.5. The summed E-state index contributed by atoms with van der Waals surface area (Å²) < 4.78 is 36.9. The minimum Gasteiger partial charge on any atom is -0.492 e. The maximum atomic E-state index is 12.5. The second kappa shape index (κ2) is 9.57. The van der Waals surface area contributed by atoms with Crippen LogP contribution in [0.25, 0.3) is 0 Å². The molecule has 7 nitrogen and oxygen atoms in total. The molecule has 0 bridgehead atoms.